The van der Waals surface area contributed by atoms with Gasteiger partial charge in [-0.3, -0.25) is 9.59 Å². The molecule has 0 heterocycles. The number of nitrogens with zero attached hydrogens (tertiary/aromatic N) is 2. The van der Waals surface area contributed by atoms with Gasteiger partial charge in [0.2, 0.25) is 5.91 Å². The van der Waals surface area contributed by atoms with Crippen LogP contribution in [0.1, 0.15) is 41.3 Å². The van der Waals surface area contributed by atoms with Gasteiger partial charge in [-0.15, -0.1) is 0 Å². The van der Waals surface area contributed by atoms with Gasteiger partial charge in [-0.1, -0.05) is 31.2 Å². The lowest BCUT2D eigenvalue weighted by atomic mass is 10.2. The highest BCUT2D eigenvalue weighted by Gasteiger charge is 2.03. The van der Waals surface area contributed by atoms with Crippen LogP contribution in [0.3, 0.4) is 0 Å². The molecule has 212 valence electrons. The average molecular weight is 550 g/mol. The van der Waals surface area contributed by atoms with Crippen molar-refractivity contribution in [2.24, 2.45) is 10.2 Å². The number of anilines is 1. The molecule has 40 heavy (non-hydrogen) atoms. The molecule has 0 atom stereocenters. The molecular weight excluding hydrogens is 514 g/mol. The van der Waals surface area contributed by atoms with Gasteiger partial charge in [0.25, 0.3) is 5.91 Å². The van der Waals surface area contributed by atoms with Crippen LogP contribution in [0.15, 0.2) is 83.0 Å². The Bertz CT molecular complexity index is 1250. The summed E-state index contributed by atoms with van der Waals surface area (Å²) >= 11 is 0. The Morgan fingerprint density at radius 2 is 1.35 bits per heavy atom. The lowest BCUT2D eigenvalue weighted by Gasteiger charge is -2.04. The van der Waals surface area contributed by atoms with E-state index in [1.807, 2.05) is 25.1 Å². The lowest BCUT2D eigenvalue weighted by Crippen LogP contribution is -2.17. The molecule has 0 bridgehead atoms. The maximum absolute atomic E-state index is 11.8. The number of carbonyl (C=O) groups excluding carboxylic acids is 2. The lowest BCUT2D eigenvalue weighted by molar-refractivity contribution is -0.121. The van der Waals surface area contributed by atoms with Gasteiger partial charge in [-0.05, 0) is 66.1 Å². The zero-order valence-electron chi connectivity index (χ0n) is 22.3. The first kappa shape index (κ1) is 31.5. The average Bonchev–Trinajstić information content (AvgIpc) is 2.96. The first-order valence-electron chi connectivity index (χ1n) is 12.6. The van der Waals surface area contributed by atoms with E-state index in [0.717, 1.165) is 17.5 Å². The molecule has 11 heteroatoms. The first-order valence-corrected chi connectivity index (χ1v) is 12.6. The van der Waals surface area contributed by atoms with Crippen molar-refractivity contribution < 1.29 is 29.3 Å². The number of aliphatic hydroxyl groups excluding tert-OH is 2. The zero-order valence-corrected chi connectivity index (χ0v) is 22.3. The van der Waals surface area contributed by atoms with Crippen molar-refractivity contribution in [1.82, 2.24) is 10.9 Å². The maximum atomic E-state index is 11.8. The van der Waals surface area contributed by atoms with E-state index in [1.54, 1.807) is 60.8 Å². The molecule has 0 spiro atoms. The van der Waals surface area contributed by atoms with Crippen LogP contribution < -0.4 is 26.1 Å². The van der Waals surface area contributed by atoms with Gasteiger partial charge in [0.15, 0.2) is 0 Å². The van der Waals surface area contributed by atoms with Crippen molar-refractivity contribution in [3.8, 4) is 11.5 Å². The van der Waals surface area contributed by atoms with E-state index in [9.17, 15) is 9.59 Å². The number of nitrogen functional groups attached to an aromatic ring is 1. The van der Waals surface area contributed by atoms with Crippen molar-refractivity contribution in [3.05, 3.63) is 89.5 Å². The molecule has 0 aliphatic carbocycles. The number of hydrazone groups is 2. The number of hydrogen-bond acceptors (Lipinski definition) is 9. The minimum Gasteiger partial charge on any atom is -0.491 e. The van der Waals surface area contributed by atoms with Gasteiger partial charge >= 0.3 is 0 Å². The Morgan fingerprint density at radius 3 is 1.85 bits per heavy atom. The van der Waals surface area contributed by atoms with E-state index in [1.165, 1.54) is 6.21 Å². The second-order valence-corrected chi connectivity index (χ2v) is 8.15. The van der Waals surface area contributed by atoms with E-state index >= 15 is 0 Å². The summed E-state index contributed by atoms with van der Waals surface area (Å²) in [4.78, 5) is 23.0. The van der Waals surface area contributed by atoms with E-state index in [0.29, 0.717) is 29.2 Å². The molecule has 0 fully saturated rings. The molecule has 0 saturated heterocycles. The molecule has 0 radical (unpaired) electrons. The van der Waals surface area contributed by atoms with Gasteiger partial charge in [0, 0.05) is 17.7 Å². The molecule has 0 unspecified atom stereocenters. The molecule has 0 aliphatic heterocycles. The van der Waals surface area contributed by atoms with E-state index in [4.69, 9.17) is 25.4 Å². The van der Waals surface area contributed by atoms with Gasteiger partial charge < -0.3 is 25.4 Å². The molecule has 11 nitrogen and oxygen atoms in total. The second-order valence-electron chi connectivity index (χ2n) is 8.15. The number of benzene rings is 3. The predicted octanol–water partition coefficient (Wildman–Crippen LogP) is 2.71. The Morgan fingerprint density at radius 1 is 0.825 bits per heavy atom. The SMILES string of the molecule is CCCC(=O)N/N=C/c1cccc(OCCO)c1.Nc1ccc(C(=O)N/N=C/c2cccc(OCCO)c2)cc1. The molecule has 0 aliphatic rings. The van der Waals surface area contributed by atoms with E-state index < -0.39 is 0 Å². The van der Waals surface area contributed by atoms with Crippen LogP contribution in [0, 0.1) is 0 Å². The fraction of sp³-hybridized carbons (Fsp3) is 0.241. The third-order valence-electron chi connectivity index (χ3n) is 4.87. The number of aliphatic hydroxyl groups is 2. The van der Waals surface area contributed by atoms with Crippen molar-refractivity contribution in [2.75, 3.05) is 32.2 Å². The normalized spacial score (nSPS) is 10.6. The first-order chi connectivity index (χ1) is 19.4. The van der Waals surface area contributed by atoms with E-state index in [-0.39, 0.29) is 38.2 Å². The van der Waals surface area contributed by atoms with Crippen LogP contribution in [-0.4, -0.2) is 60.9 Å². The monoisotopic (exact) mass is 549 g/mol. The minimum atomic E-state index is -0.316. The molecule has 3 aromatic rings. The number of nitrogens with two attached hydrogens (primary N) is 1. The molecule has 2 amide bonds. The van der Waals surface area contributed by atoms with Gasteiger partial charge in [0.05, 0.1) is 25.6 Å². The smallest absolute Gasteiger partial charge is 0.271 e. The highest BCUT2D eigenvalue weighted by molar-refractivity contribution is 5.95. The summed E-state index contributed by atoms with van der Waals surface area (Å²) in [6, 6.07) is 21.0. The largest absolute Gasteiger partial charge is 0.491 e. The third kappa shape index (κ3) is 12.7. The number of rotatable bonds is 13. The van der Waals surface area contributed by atoms with E-state index in [2.05, 4.69) is 21.1 Å². The molecule has 3 aromatic carbocycles. The Hall–Kier alpha value is -4.74. The Labute approximate surface area is 233 Å². The number of nitrogens with one attached hydrogen (secondary N) is 2. The molecule has 3 rings (SSSR count). The molecule has 0 aromatic heterocycles. The van der Waals surface area contributed by atoms with Crippen molar-refractivity contribution in [3.63, 3.8) is 0 Å². The van der Waals surface area contributed by atoms with Crippen molar-refractivity contribution >= 4 is 29.9 Å². The zero-order chi connectivity index (χ0) is 29.0. The summed E-state index contributed by atoms with van der Waals surface area (Å²) in [5.41, 5.74) is 13.1. The summed E-state index contributed by atoms with van der Waals surface area (Å²) in [5.74, 6) is 0.876. The van der Waals surface area contributed by atoms with Gasteiger partial charge in [-0.2, -0.15) is 10.2 Å². The van der Waals surface area contributed by atoms with Crippen LogP contribution >= 0.6 is 0 Å². The molecular formula is C29H35N5O6. The maximum Gasteiger partial charge on any atom is 0.271 e. The van der Waals surface area contributed by atoms with Gasteiger partial charge in [0.1, 0.15) is 24.7 Å². The van der Waals surface area contributed by atoms with Crippen LogP contribution in [0.4, 0.5) is 5.69 Å². The number of amides is 2. The van der Waals surface area contributed by atoms with Crippen LogP contribution in [-0.2, 0) is 4.79 Å². The summed E-state index contributed by atoms with van der Waals surface area (Å²) in [6.07, 6.45) is 4.34. The predicted molar refractivity (Wildman–Crippen MR) is 155 cm³/mol. The molecule has 0 saturated carbocycles. The number of carbonyl (C=O) groups is 2. The second kappa shape index (κ2) is 18.5. The van der Waals surface area contributed by atoms with Crippen molar-refractivity contribution in [1.29, 1.82) is 0 Å². The topological polar surface area (TPSA) is 168 Å². The Balaban J connectivity index is 0.000000286. The summed E-state index contributed by atoms with van der Waals surface area (Å²) in [7, 11) is 0. The highest BCUT2D eigenvalue weighted by Crippen LogP contribution is 2.12. The summed E-state index contributed by atoms with van der Waals surface area (Å²) < 4.78 is 10.6. The standard InChI is InChI=1S/C16H17N3O3.C13H18N2O3/c17-14-6-4-13(5-7-14)16(21)19-18-11-12-2-1-3-15(10-12)22-9-8-20;1-2-4-13(17)15-14-10-11-5-3-6-12(9-11)18-8-7-16/h1-7,10-11,20H,8-9,17H2,(H,19,21);3,5-6,9-10,16H,2,4,7-8H2,1H3,(H,15,17)/b18-11+;14-10+. The van der Waals surface area contributed by atoms with Crippen LogP contribution in [0.2, 0.25) is 0 Å². The minimum absolute atomic E-state index is 0.0224. The fourth-order valence-corrected chi connectivity index (χ4v) is 3.02. The highest BCUT2D eigenvalue weighted by atomic mass is 16.5. The quantitative estimate of drug-likeness (QED) is 0.124. The number of hydrogen-bond donors (Lipinski definition) is 5. The fourth-order valence-electron chi connectivity index (χ4n) is 3.02. The van der Waals surface area contributed by atoms with Crippen LogP contribution in [0.5, 0.6) is 11.5 Å². The molecule has 6 N–H and O–H groups in total. The third-order valence-corrected chi connectivity index (χ3v) is 4.87. The van der Waals surface area contributed by atoms with Crippen LogP contribution in [0.25, 0.3) is 0 Å². The summed E-state index contributed by atoms with van der Waals surface area (Å²) in [5, 5.41) is 25.1. The van der Waals surface area contributed by atoms with Gasteiger partial charge in [-0.25, -0.2) is 10.9 Å². The van der Waals surface area contributed by atoms with Crippen molar-refractivity contribution in [2.45, 2.75) is 19.8 Å². The number of ether oxygens (including phenoxy) is 2. The summed E-state index contributed by atoms with van der Waals surface area (Å²) in [6.45, 7) is 2.36. The Kier molecular flexibility index (Phi) is 14.6.